The Kier molecular flexibility index (Phi) is 26.8. The van der Waals surface area contributed by atoms with Gasteiger partial charge >= 0.3 is 14.8 Å². The first-order valence-electron chi connectivity index (χ1n) is 22.2. The van der Waals surface area contributed by atoms with Gasteiger partial charge in [-0.1, -0.05) is 39.2 Å². The summed E-state index contributed by atoms with van der Waals surface area (Å²) < 4.78 is 53.7. The molecular weight excluding hydrogens is 897 g/mol. The molecule has 0 heterocycles. The lowest BCUT2D eigenvalue weighted by molar-refractivity contribution is -0.139. The summed E-state index contributed by atoms with van der Waals surface area (Å²) in [5.41, 5.74) is 0.565. The largest absolute Gasteiger partial charge is 0.469 e. The van der Waals surface area contributed by atoms with Gasteiger partial charge in [0.05, 0.1) is 6.61 Å². The summed E-state index contributed by atoms with van der Waals surface area (Å²) in [6.45, 7) is 47.9. The van der Waals surface area contributed by atoms with Crippen LogP contribution in [0.25, 0.3) is 0 Å². The van der Waals surface area contributed by atoms with Crippen LogP contribution in [0.2, 0.25) is 160 Å². The summed E-state index contributed by atoms with van der Waals surface area (Å²) in [7, 11) is -18.4. The number of unbranched alkanes of at least 4 members (excludes halogenated alkanes) is 1. The minimum Gasteiger partial charge on any atom is -0.462 e. The van der Waals surface area contributed by atoms with E-state index in [4.69, 9.17) is 33.9 Å². The van der Waals surface area contributed by atoms with Gasteiger partial charge in [0.15, 0.2) is 67.3 Å². The smallest absolute Gasteiger partial charge is 0.462 e. The molecule has 0 aromatic carbocycles. The van der Waals surface area contributed by atoms with Gasteiger partial charge in [0.25, 0.3) is 0 Å². The van der Waals surface area contributed by atoms with E-state index >= 15 is 0 Å². The Bertz CT molecular complexity index is 1110. The van der Waals surface area contributed by atoms with E-state index in [2.05, 4.69) is 131 Å². The number of carbonyl (C=O) groups is 1. The number of hydrogen-bond acceptors (Lipinski definition) is 9. The molecule has 0 aliphatic rings. The second-order valence-corrected chi connectivity index (χ2v) is 63.1. The molecule has 0 aliphatic heterocycles. The molecular formula is C37H94O9Si11. The molecule has 0 rings (SSSR count). The molecule has 0 amide bonds. The van der Waals surface area contributed by atoms with Crippen LogP contribution < -0.4 is 0 Å². The first-order chi connectivity index (χ1) is 25.7. The van der Waals surface area contributed by atoms with E-state index < -0.39 is 85.8 Å². The maximum atomic E-state index is 12.3. The minimum atomic E-state index is -2.96. The monoisotopic (exact) mass is 990 g/mol. The fraction of sp³-hybridized carbons (Fsp3) is 0.919. The SMILES string of the molecule is C=C(CCC)C(=O)OCCCC[SiH](CO[Si](C)(C)CCC[SiH2]O[Si](C)(C)CCC[SiH2]O[Si](C)(C)C)O[Si](C)(C)CC[Si](O[Si](C)(C)C)(O[Si](C)(C)C)O[Si](C)(C)C. The van der Waals surface area contributed by atoms with Gasteiger partial charge in [0, 0.05) is 17.8 Å². The number of hydrogen-bond donors (Lipinski definition) is 0. The summed E-state index contributed by atoms with van der Waals surface area (Å²) in [4.78, 5) is 12.3. The van der Waals surface area contributed by atoms with Crippen molar-refractivity contribution in [1.29, 1.82) is 0 Å². The average Bonchev–Trinajstić information content (AvgIpc) is 2.99. The lowest BCUT2D eigenvalue weighted by Gasteiger charge is -2.44. The van der Waals surface area contributed by atoms with Gasteiger partial charge in [-0.05, 0) is 167 Å². The second-order valence-electron chi connectivity index (χ2n) is 21.9. The molecule has 57 heavy (non-hydrogen) atoms. The van der Waals surface area contributed by atoms with Crippen LogP contribution in [-0.2, 0) is 38.6 Å². The van der Waals surface area contributed by atoms with Crippen molar-refractivity contribution >= 4 is 102 Å². The molecule has 9 nitrogen and oxygen atoms in total. The van der Waals surface area contributed by atoms with Crippen LogP contribution in [0.1, 0.15) is 45.4 Å². The number of esters is 1. The van der Waals surface area contributed by atoms with Crippen molar-refractivity contribution in [2.24, 2.45) is 0 Å². The Labute approximate surface area is 368 Å². The van der Waals surface area contributed by atoms with Crippen LogP contribution in [0.3, 0.4) is 0 Å². The molecule has 0 aromatic rings. The summed E-state index contributed by atoms with van der Waals surface area (Å²) in [5.74, 6) is -0.260. The van der Waals surface area contributed by atoms with Crippen molar-refractivity contribution in [3.63, 3.8) is 0 Å². The Morgan fingerprint density at radius 3 is 1.54 bits per heavy atom. The Hall–Kier alpha value is 1.32. The van der Waals surface area contributed by atoms with E-state index in [0.29, 0.717) is 18.6 Å². The highest BCUT2D eigenvalue weighted by Gasteiger charge is 2.51. The summed E-state index contributed by atoms with van der Waals surface area (Å²) in [6.07, 6.45) is 6.59. The fourth-order valence-corrected chi connectivity index (χ4v) is 43.0. The third-order valence-corrected chi connectivity index (χ3v) is 42.5. The van der Waals surface area contributed by atoms with Crippen LogP contribution in [0.5, 0.6) is 0 Å². The normalized spacial score (nSPS) is 15.0. The highest BCUT2D eigenvalue weighted by atomic mass is 28.5. The lowest BCUT2D eigenvalue weighted by Crippen LogP contribution is -2.61. The predicted molar refractivity (Wildman–Crippen MR) is 275 cm³/mol. The molecule has 340 valence electrons. The third kappa shape index (κ3) is 33.5. The third-order valence-electron chi connectivity index (χ3n) is 8.93. The van der Waals surface area contributed by atoms with E-state index in [1.165, 1.54) is 31.0 Å². The molecule has 0 saturated heterocycles. The summed E-state index contributed by atoms with van der Waals surface area (Å²) in [5, 5.41) is 0. The van der Waals surface area contributed by atoms with Crippen molar-refractivity contribution in [3.05, 3.63) is 12.2 Å². The van der Waals surface area contributed by atoms with E-state index in [1.807, 2.05) is 0 Å². The molecule has 0 fully saturated rings. The Morgan fingerprint density at radius 2 is 1.07 bits per heavy atom. The first kappa shape index (κ1) is 58.3. The summed E-state index contributed by atoms with van der Waals surface area (Å²) >= 11 is 0. The van der Waals surface area contributed by atoms with Gasteiger partial charge in [0.2, 0.25) is 0 Å². The lowest BCUT2D eigenvalue weighted by atomic mass is 10.2. The molecule has 0 N–H and O–H groups in total. The maximum absolute atomic E-state index is 12.3. The van der Waals surface area contributed by atoms with Crippen molar-refractivity contribution in [3.8, 4) is 0 Å². The van der Waals surface area contributed by atoms with Crippen LogP contribution in [0.15, 0.2) is 12.2 Å². The van der Waals surface area contributed by atoms with E-state index in [1.54, 1.807) is 0 Å². The van der Waals surface area contributed by atoms with Gasteiger partial charge in [0.1, 0.15) is 19.5 Å². The van der Waals surface area contributed by atoms with Gasteiger partial charge in [-0.25, -0.2) is 4.79 Å². The van der Waals surface area contributed by atoms with Crippen LogP contribution in [0.4, 0.5) is 0 Å². The predicted octanol–water partition coefficient (Wildman–Crippen LogP) is 10.7. The molecule has 0 aliphatic carbocycles. The average molecular weight is 992 g/mol. The first-order valence-corrected chi connectivity index (χ1v) is 52.4. The number of rotatable bonds is 34. The van der Waals surface area contributed by atoms with Crippen molar-refractivity contribution in [2.45, 2.75) is 206 Å². The zero-order valence-corrected chi connectivity index (χ0v) is 53.0. The molecule has 1 unspecified atom stereocenters. The van der Waals surface area contributed by atoms with Crippen LogP contribution in [-0.4, -0.2) is 114 Å². The van der Waals surface area contributed by atoms with Crippen LogP contribution >= 0.6 is 0 Å². The maximum Gasteiger partial charge on any atom is 0.469 e. The topological polar surface area (TPSA) is 90.9 Å². The van der Waals surface area contributed by atoms with Crippen molar-refractivity contribution in [1.82, 2.24) is 0 Å². The summed E-state index contributed by atoms with van der Waals surface area (Å²) in [6, 6.07) is 7.70. The van der Waals surface area contributed by atoms with Gasteiger partial charge in [-0.2, -0.15) is 0 Å². The molecule has 0 aromatic heterocycles. The van der Waals surface area contributed by atoms with Gasteiger partial charge in [-0.3, -0.25) is 0 Å². The molecule has 0 spiro atoms. The fourth-order valence-electron chi connectivity index (χ4n) is 6.40. The number of carbonyl (C=O) groups excluding carboxylic acids is 1. The van der Waals surface area contributed by atoms with Gasteiger partial charge < -0.3 is 33.9 Å². The van der Waals surface area contributed by atoms with Gasteiger partial charge in [-0.15, -0.1) is 0 Å². The molecule has 0 saturated carbocycles. The van der Waals surface area contributed by atoms with Crippen molar-refractivity contribution < 1.29 is 38.6 Å². The highest BCUT2D eigenvalue weighted by Crippen LogP contribution is 2.33. The van der Waals surface area contributed by atoms with Crippen molar-refractivity contribution in [2.75, 3.05) is 12.8 Å². The molecule has 0 radical (unpaired) electrons. The van der Waals surface area contributed by atoms with E-state index in [9.17, 15) is 4.79 Å². The molecule has 20 heteroatoms. The number of ether oxygens (including phenoxy) is 1. The van der Waals surface area contributed by atoms with E-state index in [0.717, 1.165) is 49.7 Å². The molecule has 0 bridgehead atoms. The highest BCUT2D eigenvalue weighted by molar-refractivity contribution is 6.91. The molecule has 1 atom stereocenters. The Balaban J connectivity index is 5.60. The van der Waals surface area contributed by atoms with E-state index in [-0.39, 0.29) is 15.7 Å². The zero-order chi connectivity index (χ0) is 44.4. The standard InChI is InChI=1S/C37H94O9Si11/c1-21-26-36(2)37(38)39-27-22-23-30-49(35-40-54(15,16)31-24-29-48-42-55(17,18)32-25-28-47-41-50(3,4)5)43-56(19,20)33-34-57(44-51(6,7)8,45-52(9,10)11)46-53(12,13)14/h49H,2,21-35,47-48H2,1,3-20H3. The Morgan fingerprint density at radius 1 is 0.579 bits per heavy atom. The minimum absolute atomic E-state index is 0.260. The zero-order valence-electron chi connectivity index (χ0n) is 41.0. The second kappa shape index (κ2) is 26.2. The quantitative estimate of drug-likeness (QED) is 0.0271. The van der Waals surface area contributed by atoms with Crippen LogP contribution in [0, 0.1) is 0 Å².